The fourth-order valence-corrected chi connectivity index (χ4v) is 4.51. The third-order valence-corrected chi connectivity index (χ3v) is 6.10. The minimum Gasteiger partial charge on any atom is -0.348 e. The van der Waals surface area contributed by atoms with Gasteiger partial charge in [0.05, 0.1) is 12.3 Å². The monoisotopic (exact) mass is 372 g/mol. The van der Waals surface area contributed by atoms with Crippen molar-refractivity contribution in [3.05, 3.63) is 60.2 Å². The second-order valence-corrected chi connectivity index (χ2v) is 8.69. The van der Waals surface area contributed by atoms with E-state index in [0.29, 0.717) is 19.4 Å². The summed E-state index contributed by atoms with van der Waals surface area (Å²) in [5.41, 5.74) is 3.25. The van der Waals surface area contributed by atoms with E-state index in [2.05, 4.69) is 17.4 Å². The normalized spacial score (nSPS) is 19.2. The summed E-state index contributed by atoms with van der Waals surface area (Å²) in [4.78, 5) is 12.6. The minimum absolute atomic E-state index is 0.186. The van der Waals surface area contributed by atoms with Crippen LogP contribution in [0.5, 0.6) is 0 Å². The molecule has 1 aliphatic rings. The average molecular weight is 372 g/mol. The molecule has 2 atom stereocenters. The van der Waals surface area contributed by atoms with Gasteiger partial charge in [-0.2, -0.15) is 4.31 Å². The number of nitrogens with zero attached hydrogens (tertiary/aromatic N) is 1. The number of carbonyl (C=O) groups is 1. The molecule has 1 aliphatic heterocycles. The number of nitrogens with one attached hydrogen (secondary N) is 1. The van der Waals surface area contributed by atoms with Crippen molar-refractivity contribution < 1.29 is 13.2 Å². The molecular weight excluding hydrogens is 348 g/mol. The van der Waals surface area contributed by atoms with Crippen molar-refractivity contribution in [2.24, 2.45) is 0 Å². The van der Waals surface area contributed by atoms with Crippen LogP contribution in [-0.4, -0.2) is 37.5 Å². The quantitative estimate of drug-likeness (QED) is 0.877. The summed E-state index contributed by atoms with van der Waals surface area (Å²) >= 11 is 0. The molecule has 2 aromatic rings. The van der Waals surface area contributed by atoms with Crippen molar-refractivity contribution in [2.75, 3.05) is 12.8 Å². The third kappa shape index (κ3) is 4.14. The zero-order chi connectivity index (χ0) is 18.7. The van der Waals surface area contributed by atoms with Gasteiger partial charge in [0, 0.05) is 6.54 Å². The van der Waals surface area contributed by atoms with Crippen molar-refractivity contribution >= 4 is 15.9 Å². The number of amides is 1. The average Bonchev–Trinajstić information content (AvgIpc) is 3.13. The van der Waals surface area contributed by atoms with Gasteiger partial charge in [-0.05, 0) is 36.5 Å². The molecule has 6 heteroatoms. The minimum atomic E-state index is -3.36. The van der Waals surface area contributed by atoms with Crippen molar-refractivity contribution in [2.45, 2.75) is 31.8 Å². The first-order chi connectivity index (χ1) is 12.4. The summed E-state index contributed by atoms with van der Waals surface area (Å²) in [6, 6.07) is 17.4. The molecular formula is C20H24N2O3S. The molecule has 1 saturated heterocycles. The van der Waals surface area contributed by atoms with E-state index >= 15 is 0 Å². The molecule has 1 N–H and O–H groups in total. The van der Waals surface area contributed by atoms with Crippen LogP contribution in [0.25, 0.3) is 11.1 Å². The highest BCUT2D eigenvalue weighted by molar-refractivity contribution is 7.88. The second-order valence-electron chi connectivity index (χ2n) is 6.75. The zero-order valence-electron chi connectivity index (χ0n) is 15.1. The number of hydrogen-bond donors (Lipinski definition) is 1. The standard InChI is InChI=1S/C20H24N2O3S/c1-15(21-20(23)19-9-6-14-22(19)26(2,24)25)16-10-12-18(13-11-16)17-7-4-3-5-8-17/h3-5,7-8,10-13,15,19H,6,9,14H2,1-2H3,(H,21,23)/t15-,19-/m0/s1. The maximum Gasteiger partial charge on any atom is 0.238 e. The predicted octanol–water partition coefficient (Wildman–Crippen LogP) is 2.95. The zero-order valence-corrected chi connectivity index (χ0v) is 15.9. The van der Waals surface area contributed by atoms with Crippen LogP contribution >= 0.6 is 0 Å². The lowest BCUT2D eigenvalue weighted by Crippen LogP contribution is -2.46. The summed E-state index contributed by atoms with van der Waals surface area (Å²) in [7, 11) is -3.36. The van der Waals surface area contributed by atoms with Crippen molar-refractivity contribution in [3.8, 4) is 11.1 Å². The Labute approximate surface area is 155 Å². The lowest BCUT2D eigenvalue weighted by atomic mass is 10.0. The molecule has 1 fully saturated rings. The fraction of sp³-hybridized carbons (Fsp3) is 0.350. The molecule has 0 radical (unpaired) electrons. The Kier molecular flexibility index (Phi) is 5.44. The Morgan fingerprint density at radius 3 is 2.31 bits per heavy atom. The van der Waals surface area contributed by atoms with Gasteiger partial charge in [0.1, 0.15) is 6.04 Å². The molecule has 5 nitrogen and oxygen atoms in total. The van der Waals surface area contributed by atoms with Crippen LogP contribution in [-0.2, 0) is 14.8 Å². The summed E-state index contributed by atoms with van der Waals surface area (Å²) in [6.45, 7) is 2.33. The highest BCUT2D eigenvalue weighted by Crippen LogP contribution is 2.24. The Morgan fingerprint density at radius 2 is 1.69 bits per heavy atom. The Hall–Kier alpha value is -2.18. The highest BCUT2D eigenvalue weighted by Gasteiger charge is 2.36. The van der Waals surface area contributed by atoms with Crippen LogP contribution < -0.4 is 5.32 Å². The van der Waals surface area contributed by atoms with Gasteiger partial charge in [-0.25, -0.2) is 8.42 Å². The lowest BCUT2D eigenvalue weighted by Gasteiger charge is -2.23. The topological polar surface area (TPSA) is 66.5 Å². The van der Waals surface area contributed by atoms with Crippen LogP contribution in [0.15, 0.2) is 54.6 Å². The molecule has 26 heavy (non-hydrogen) atoms. The Balaban J connectivity index is 1.68. The molecule has 2 aromatic carbocycles. The molecule has 1 amide bonds. The third-order valence-electron chi connectivity index (χ3n) is 4.81. The molecule has 3 rings (SSSR count). The summed E-state index contributed by atoms with van der Waals surface area (Å²) in [5, 5.41) is 2.95. The molecule has 0 unspecified atom stereocenters. The number of rotatable bonds is 5. The second kappa shape index (κ2) is 7.60. The van der Waals surface area contributed by atoms with Crippen LogP contribution in [0, 0.1) is 0 Å². The first-order valence-electron chi connectivity index (χ1n) is 8.79. The molecule has 0 saturated carbocycles. The maximum absolute atomic E-state index is 12.6. The van der Waals surface area contributed by atoms with E-state index in [-0.39, 0.29) is 11.9 Å². The van der Waals surface area contributed by atoms with E-state index in [1.165, 1.54) is 4.31 Å². The summed E-state index contributed by atoms with van der Waals surface area (Å²) in [5.74, 6) is -0.229. The number of benzene rings is 2. The lowest BCUT2D eigenvalue weighted by molar-refractivity contribution is -0.124. The van der Waals surface area contributed by atoms with Gasteiger partial charge in [0.25, 0.3) is 0 Å². The molecule has 138 valence electrons. The first kappa shape index (κ1) is 18.6. The summed E-state index contributed by atoms with van der Waals surface area (Å²) in [6.07, 6.45) is 2.44. The molecule has 0 bridgehead atoms. The largest absolute Gasteiger partial charge is 0.348 e. The highest BCUT2D eigenvalue weighted by atomic mass is 32.2. The van der Waals surface area contributed by atoms with Crippen LogP contribution in [0.3, 0.4) is 0 Å². The Morgan fingerprint density at radius 1 is 1.08 bits per heavy atom. The van der Waals surface area contributed by atoms with Gasteiger partial charge in [-0.1, -0.05) is 54.6 Å². The van der Waals surface area contributed by atoms with Crippen LogP contribution in [0.2, 0.25) is 0 Å². The summed E-state index contributed by atoms with van der Waals surface area (Å²) < 4.78 is 24.9. The van der Waals surface area contributed by atoms with E-state index in [0.717, 1.165) is 22.9 Å². The number of hydrogen-bond acceptors (Lipinski definition) is 3. The van der Waals surface area contributed by atoms with Crippen LogP contribution in [0.1, 0.15) is 31.4 Å². The Bertz CT molecular complexity index is 864. The fourth-order valence-electron chi connectivity index (χ4n) is 3.39. The van der Waals surface area contributed by atoms with Gasteiger partial charge >= 0.3 is 0 Å². The van der Waals surface area contributed by atoms with Gasteiger partial charge in [-0.15, -0.1) is 0 Å². The van der Waals surface area contributed by atoms with Crippen molar-refractivity contribution in [3.63, 3.8) is 0 Å². The van der Waals surface area contributed by atoms with Crippen LogP contribution in [0.4, 0.5) is 0 Å². The SMILES string of the molecule is C[C@H](NC(=O)[C@@H]1CCCN1S(C)(=O)=O)c1ccc(-c2ccccc2)cc1. The molecule has 0 aliphatic carbocycles. The van der Waals surface area contributed by atoms with Gasteiger partial charge in [0.2, 0.25) is 15.9 Å². The molecule has 1 heterocycles. The van der Waals surface area contributed by atoms with E-state index in [1.54, 1.807) is 0 Å². The van der Waals surface area contributed by atoms with Gasteiger partial charge in [-0.3, -0.25) is 4.79 Å². The maximum atomic E-state index is 12.6. The molecule has 0 aromatic heterocycles. The van der Waals surface area contributed by atoms with Crippen molar-refractivity contribution in [1.29, 1.82) is 0 Å². The van der Waals surface area contributed by atoms with E-state index in [4.69, 9.17) is 0 Å². The smallest absolute Gasteiger partial charge is 0.238 e. The predicted molar refractivity (Wildman–Crippen MR) is 103 cm³/mol. The molecule has 0 spiro atoms. The van der Waals surface area contributed by atoms with Gasteiger partial charge < -0.3 is 5.32 Å². The van der Waals surface area contributed by atoms with Gasteiger partial charge in [0.15, 0.2) is 0 Å². The van der Waals surface area contributed by atoms with E-state index < -0.39 is 16.1 Å². The van der Waals surface area contributed by atoms with E-state index in [1.807, 2.05) is 49.4 Å². The van der Waals surface area contributed by atoms with Crippen molar-refractivity contribution in [1.82, 2.24) is 9.62 Å². The number of sulfonamides is 1. The van der Waals surface area contributed by atoms with E-state index in [9.17, 15) is 13.2 Å². The first-order valence-corrected chi connectivity index (χ1v) is 10.6. The number of carbonyl (C=O) groups excluding carboxylic acids is 1.